The fourth-order valence-electron chi connectivity index (χ4n) is 3.47. The van der Waals surface area contributed by atoms with Crippen LogP contribution in [0, 0.1) is 11.3 Å². The van der Waals surface area contributed by atoms with Gasteiger partial charge in [-0.1, -0.05) is 0 Å². The van der Waals surface area contributed by atoms with Crippen LogP contribution in [0.1, 0.15) is 48.0 Å². The van der Waals surface area contributed by atoms with E-state index in [1.165, 1.54) is 14.0 Å². The zero-order valence-electron chi connectivity index (χ0n) is 14.7. The Kier molecular flexibility index (Phi) is 3.86. The molecule has 0 spiro atoms. The van der Waals surface area contributed by atoms with E-state index < -0.39 is 34.5 Å². The minimum Gasteiger partial charge on any atom is -0.496 e. The molecule has 2 aliphatic rings. The molecule has 1 saturated heterocycles. The Hall–Kier alpha value is -1.85. The van der Waals surface area contributed by atoms with E-state index in [9.17, 15) is 14.4 Å². The van der Waals surface area contributed by atoms with Gasteiger partial charge in [0.1, 0.15) is 11.4 Å². The summed E-state index contributed by atoms with van der Waals surface area (Å²) in [5.41, 5.74) is -3.00. The summed E-state index contributed by atoms with van der Waals surface area (Å²) in [6, 6.07) is 0. The fraction of sp³-hybridized carbons (Fsp3) is 0.706. The maximum absolute atomic E-state index is 12.7. The quantitative estimate of drug-likeness (QED) is 0.572. The number of ether oxygens (including phenoxy) is 3. The summed E-state index contributed by atoms with van der Waals surface area (Å²) in [5.74, 6) is -1.87. The smallest absolute Gasteiger partial charge is 0.324 e. The summed E-state index contributed by atoms with van der Waals surface area (Å²) in [6.45, 7) is 9.99. The van der Waals surface area contributed by atoms with Gasteiger partial charge in [0, 0.05) is 17.9 Å². The van der Waals surface area contributed by atoms with Crippen molar-refractivity contribution in [3.05, 3.63) is 11.3 Å². The fourth-order valence-corrected chi connectivity index (χ4v) is 3.47. The molecule has 0 saturated carbocycles. The van der Waals surface area contributed by atoms with Gasteiger partial charge in [-0.15, -0.1) is 0 Å². The van der Waals surface area contributed by atoms with Crippen LogP contribution in [0.2, 0.25) is 0 Å². The Bertz CT molecular complexity index is 611. The normalized spacial score (nSPS) is 34.1. The Balaban J connectivity index is 2.53. The van der Waals surface area contributed by atoms with E-state index in [1.54, 1.807) is 34.6 Å². The predicted molar refractivity (Wildman–Crippen MR) is 81.3 cm³/mol. The second-order valence-electron chi connectivity index (χ2n) is 7.54. The summed E-state index contributed by atoms with van der Waals surface area (Å²) < 4.78 is 16.3. The zero-order valence-corrected chi connectivity index (χ0v) is 14.7. The van der Waals surface area contributed by atoms with Crippen LogP contribution >= 0.6 is 0 Å². The summed E-state index contributed by atoms with van der Waals surface area (Å²) >= 11 is 0. The van der Waals surface area contributed by atoms with Crippen molar-refractivity contribution in [3.63, 3.8) is 0 Å². The number of allylic oxidation sites excluding steroid dienone is 1. The highest BCUT2D eigenvalue weighted by Crippen LogP contribution is 2.55. The second kappa shape index (κ2) is 5.08. The van der Waals surface area contributed by atoms with Crippen molar-refractivity contribution >= 4 is 17.7 Å². The number of hydrogen-bond acceptors (Lipinski definition) is 6. The molecular formula is C17H24O6. The highest BCUT2D eigenvalue weighted by atomic mass is 16.6. The van der Waals surface area contributed by atoms with Gasteiger partial charge < -0.3 is 14.2 Å². The molecule has 128 valence electrons. The Morgan fingerprint density at radius 3 is 2.30 bits per heavy atom. The summed E-state index contributed by atoms with van der Waals surface area (Å²) in [6.07, 6.45) is 0.0384. The van der Waals surface area contributed by atoms with E-state index in [2.05, 4.69) is 0 Å². The van der Waals surface area contributed by atoms with E-state index in [4.69, 9.17) is 14.2 Å². The average molecular weight is 324 g/mol. The highest BCUT2D eigenvalue weighted by molar-refractivity contribution is 6.05. The molecule has 1 aliphatic heterocycles. The maximum Gasteiger partial charge on any atom is 0.324 e. The van der Waals surface area contributed by atoms with Crippen LogP contribution in [0.3, 0.4) is 0 Å². The standard InChI is InChI=1S/C17H24O6/c1-9-10(18)8-11-16(5,13(19)22-15(2,3)4)14(20)23-17(11,6)12(9)21-7/h11H,8H2,1-7H3/t11-,16-,17+/m1/s1. The van der Waals surface area contributed by atoms with Gasteiger partial charge in [-0.25, -0.2) is 0 Å². The molecule has 0 aromatic heterocycles. The van der Waals surface area contributed by atoms with Crippen LogP contribution in [-0.2, 0) is 28.6 Å². The van der Waals surface area contributed by atoms with Crippen LogP contribution in [0.15, 0.2) is 11.3 Å². The molecule has 6 heteroatoms. The van der Waals surface area contributed by atoms with Gasteiger partial charge in [0.15, 0.2) is 16.8 Å². The monoisotopic (exact) mass is 324 g/mol. The molecule has 1 fully saturated rings. The lowest BCUT2D eigenvalue weighted by Crippen LogP contribution is -2.49. The van der Waals surface area contributed by atoms with Gasteiger partial charge >= 0.3 is 11.9 Å². The lowest BCUT2D eigenvalue weighted by atomic mass is 9.65. The van der Waals surface area contributed by atoms with Gasteiger partial charge in [0.05, 0.1) is 7.11 Å². The molecule has 0 unspecified atom stereocenters. The van der Waals surface area contributed by atoms with Crippen molar-refractivity contribution in [2.45, 2.75) is 59.2 Å². The molecule has 0 N–H and O–H groups in total. The van der Waals surface area contributed by atoms with E-state index in [0.717, 1.165) is 0 Å². The minimum absolute atomic E-state index is 0.0384. The first-order valence-electron chi connectivity index (χ1n) is 7.63. The lowest BCUT2D eigenvalue weighted by molar-refractivity contribution is -0.173. The van der Waals surface area contributed by atoms with Crippen LogP contribution in [0.25, 0.3) is 0 Å². The number of carbonyl (C=O) groups is 3. The summed E-state index contributed by atoms with van der Waals surface area (Å²) in [4.78, 5) is 37.5. The molecule has 23 heavy (non-hydrogen) atoms. The van der Waals surface area contributed by atoms with Crippen molar-refractivity contribution in [1.82, 2.24) is 0 Å². The topological polar surface area (TPSA) is 78.9 Å². The highest BCUT2D eigenvalue weighted by Gasteiger charge is 2.69. The van der Waals surface area contributed by atoms with Crippen molar-refractivity contribution < 1.29 is 28.6 Å². The number of ketones is 1. The predicted octanol–water partition coefficient (Wildman–Crippen LogP) is 2.16. The maximum atomic E-state index is 12.7. The van der Waals surface area contributed by atoms with Gasteiger partial charge in [-0.2, -0.15) is 0 Å². The van der Waals surface area contributed by atoms with Crippen molar-refractivity contribution in [3.8, 4) is 0 Å². The number of fused-ring (bicyclic) bond motifs is 1. The molecule has 0 amide bonds. The number of carbonyl (C=O) groups excluding carboxylic acids is 3. The molecule has 1 heterocycles. The third-order valence-electron chi connectivity index (χ3n) is 4.72. The Labute approximate surface area is 136 Å². The third kappa shape index (κ3) is 2.44. The summed E-state index contributed by atoms with van der Waals surface area (Å²) in [7, 11) is 1.43. The van der Waals surface area contributed by atoms with Gasteiger partial charge in [0.25, 0.3) is 0 Å². The number of esters is 2. The summed E-state index contributed by atoms with van der Waals surface area (Å²) in [5, 5.41) is 0. The zero-order chi connectivity index (χ0) is 17.8. The minimum atomic E-state index is -1.54. The number of Topliss-reactive ketones (excluding diaryl/α,β-unsaturated/α-hetero) is 1. The molecule has 0 bridgehead atoms. The van der Waals surface area contributed by atoms with E-state index in [0.29, 0.717) is 11.3 Å². The molecule has 0 radical (unpaired) electrons. The Morgan fingerprint density at radius 1 is 1.26 bits per heavy atom. The van der Waals surface area contributed by atoms with Crippen LogP contribution in [0.4, 0.5) is 0 Å². The van der Waals surface area contributed by atoms with Crippen LogP contribution in [0.5, 0.6) is 0 Å². The first-order valence-corrected chi connectivity index (χ1v) is 7.63. The van der Waals surface area contributed by atoms with Crippen molar-refractivity contribution in [1.29, 1.82) is 0 Å². The molecule has 6 nitrogen and oxygen atoms in total. The van der Waals surface area contributed by atoms with Gasteiger partial charge in [-0.3, -0.25) is 14.4 Å². The van der Waals surface area contributed by atoms with Gasteiger partial charge in [-0.05, 0) is 41.5 Å². The third-order valence-corrected chi connectivity index (χ3v) is 4.72. The van der Waals surface area contributed by atoms with Crippen molar-refractivity contribution in [2.24, 2.45) is 11.3 Å². The van der Waals surface area contributed by atoms with E-state index in [1.807, 2.05) is 0 Å². The molecule has 0 aromatic rings. The average Bonchev–Trinajstić information content (AvgIpc) is 2.59. The molecule has 0 aromatic carbocycles. The molecular weight excluding hydrogens is 300 g/mol. The van der Waals surface area contributed by atoms with E-state index in [-0.39, 0.29) is 12.2 Å². The largest absolute Gasteiger partial charge is 0.496 e. The first-order chi connectivity index (χ1) is 10.4. The SMILES string of the molecule is COC1=C(C)C(=O)C[C@@H]2[C@](C)(C(=O)OC(C)(C)C)C(=O)O[C@]12C. The van der Waals surface area contributed by atoms with Crippen LogP contribution in [-0.4, -0.2) is 36.0 Å². The number of methoxy groups -OCH3 is 1. The number of rotatable bonds is 2. The molecule has 3 atom stereocenters. The Morgan fingerprint density at radius 2 is 1.83 bits per heavy atom. The van der Waals surface area contributed by atoms with Gasteiger partial charge in [0.2, 0.25) is 0 Å². The molecule has 2 rings (SSSR count). The second-order valence-corrected chi connectivity index (χ2v) is 7.54. The number of hydrogen-bond donors (Lipinski definition) is 0. The molecule has 1 aliphatic carbocycles. The lowest BCUT2D eigenvalue weighted by Gasteiger charge is -2.38. The van der Waals surface area contributed by atoms with E-state index >= 15 is 0 Å². The van der Waals surface area contributed by atoms with Crippen molar-refractivity contribution in [2.75, 3.05) is 7.11 Å². The first kappa shape index (κ1) is 17.5. The van der Waals surface area contributed by atoms with Crippen LogP contribution < -0.4 is 0 Å².